The van der Waals surface area contributed by atoms with E-state index in [1.165, 1.54) is 5.56 Å². The van der Waals surface area contributed by atoms with E-state index in [1.54, 1.807) is 17.0 Å². The first kappa shape index (κ1) is 18.8. The average Bonchev–Trinajstić information content (AvgIpc) is 2.65. The number of rotatable bonds is 3. The van der Waals surface area contributed by atoms with Crippen molar-refractivity contribution in [3.8, 4) is 5.75 Å². The van der Waals surface area contributed by atoms with Crippen molar-refractivity contribution in [3.63, 3.8) is 0 Å². The van der Waals surface area contributed by atoms with Crippen LogP contribution in [-0.2, 0) is 24.3 Å². The van der Waals surface area contributed by atoms with Gasteiger partial charge in [-0.05, 0) is 56.0 Å². The Labute approximate surface area is 160 Å². The van der Waals surface area contributed by atoms with Crippen LogP contribution in [0.3, 0.4) is 0 Å². The minimum absolute atomic E-state index is 0.267. The largest absolute Gasteiger partial charge is 0.489 e. The lowest BCUT2D eigenvalue weighted by Gasteiger charge is -2.31. The lowest BCUT2D eigenvalue weighted by molar-refractivity contribution is 0.0224. The lowest BCUT2D eigenvalue weighted by atomic mass is 10.00. The molecule has 0 N–H and O–H groups in total. The molecule has 3 rings (SSSR count). The number of ether oxygens (including phenoxy) is 2. The van der Waals surface area contributed by atoms with Crippen molar-refractivity contribution in [1.29, 1.82) is 0 Å². The van der Waals surface area contributed by atoms with Crippen molar-refractivity contribution in [2.45, 2.75) is 45.9 Å². The van der Waals surface area contributed by atoms with Gasteiger partial charge in [-0.15, -0.1) is 0 Å². The molecule has 2 aromatic rings. The molecule has 0 bridgehead atoms. The molecule has 1 aliphatic rings. The van der Waals surface area contributed by atoms with Gasteiger partial charge in [0.2, 0.25) is 0 Å². The SMILES string of the molecule is [C-]#[N+]c1ccc(COc2ccc3c(c2)CCN(C(=O)OC(C)(C)C)C3)cc1. The van der Waals surface area contributed by atoms with Crippen LogP contribution in [0.25, 0.3) is 4.85 Å². The van der Waals surface area contributed by atoms with Gasteiger partial charge >= 0.3 is 6.09 Å². The Balaban J connectivity index is 1.61. The third-order valence-corrected chi connectivity index (χ3v) is 4.31. The van der Waals surface area contributed by atoms with E-state index in [4.69, 9.17) is 16.0 Å². The molecule has 1 heterocycles. The molecule has 0 atom stereocenters. The molecule has 2 aromatic carbocycles. The predicted molar refractivity (Wildman–Crippen MR) is 104 cm³/mol. The number of hydrogen-bond donors (Lipinski definition) is 0. The maximum Gasteiger partial charge on any atom is 0.410 e. The van der Waals surface area contributed by atoms with Crippen LogP contribution in [0.4, 0.5) is 10.5 Å². The molecule has 0 saturated carbocycles. The first-order chi connectivity index (χ1) is 12.8. The molecule has 0 spiro atoms. The zero-order chi connectivity index (χ0) is 19.4. The standard InChI is InChI=1S/C22H24N2O3/c1-22(2,3)27-21(25)24-12-11-17-13-20(10-7-18(17)14-24)26-15-16-5-8-19(23-4)9-6-16/h5-10,13H,11-12,14-15H2,1-3H3. The Kier molecular flexibility index (Phi) is 5.36. The Bertz CT molecular complexity index is 861. The van der Waals surface area contributed by atoms with Crippen LogP contribution in [0, 0.1) is 6.57 Å². The van der Waals surface area contributed by atoms with Gasteiger partial charge in [-0.1, -0.05) is 30.3 Å². The van der Waals surface area contributed by atoms with Gasteiger partial charge in [0.1, 0.15) is 18.0 Å². The summed E-state index contributed by atoms with van der Waals surface area (Å²) in [5, 5.41) is 0. The summed E-state index contributed by atoms with van der Waals surface area (Å²) in [7, 11) is 0. The van der Waals surface area contributed by atoms with Crippen LogP contribution in [-0.4, -0.2) is 23.1 Å². The van der Waals surface area contributed by atoms with Gasteiger partial charge in [-0.25, -0.2) is 9.64 Å². The Morgan fingerprint density at radius 1 is 1.15 bits per heavy atom. The zero-order valence-electron chi connectivity index (χ0n) is 16.0. The monoisotopic (exact) mass is 364 g/mol. The normalized spacial score (nSPS) is 13.5. The highest BCUT2D eigenvalue weighted by molar-refractivity contribution is 5.68. The molecular weight excluding hydrogens is 340 g/mol. The third-order valence-electron chi connectivity index (χ3n) is 4.31. The molecule has 0 fully saturated rings. The number of carbonyl (C=O) groups is 1. The summed E-state index contributed by atoms with van der Waals surface area (Å²) < 4.78 is 11.4. The molecule has 0 radical (unpaired) electrons. The van der Waals surface area contributed by atoms with E-state index in [1.807, 2.05) is 45.0 Å². The van der Waals surface area contributed by atoms with Crippen LogP contribution >= 0.6 is 0 Å². The second kappa shape index (κ2) is 7.71. The summed E-state index contributed by atoms with van der Waals surface area (Å²) in [6.45, 7) is 14.3. The van der Waals surface area contributed by atoms with Gasteiger partial charge in [-0.2, -0.15) is 0 Å². The van der Waals surface area contributed by atoms with E-state index in [9.17, 15) is 4.79 Å². The summed E-state index contributed by atoms with van der Waals surface area (Å²) >= 11 is 0. The van der Waals surface area contributed by atoms with Gasteiger partial charge in [0, 0.05) is 13.1 Å². The molecular formula is C22H24N2O3. The molecule has 27 heavy (non-hydrogen) atoms. The number of nitrogens with zero attached hydrogens (tertiary/aromatic N) is 2. The molecule has 1 amide bonds. The van der Waals surface area contributed by atoms with Crippen LogP contribution in [0.15, 0.2) is 42.5 Å². The second-order valence-electron chi connectivity index (χ2n) is 7.65. The number of carbonyl (C=O) groups excluding carboxylic acids is 1. The van der Waals surface area contributed by atoms with Gasteiger partial charge in [0.05, 0.1) is 6.57 Å². The number of hydrogen-bond acceptors (Lipinski definition) is 3. The Morgan fingerprint density at radius 3 is 2.56 bits per heavy atom. The lowest BCUT2D eigenvalue weighted by Crippen LogP contribution is -2.39. The van der Waals surface area contributed by atoms with E-state index in [0.29, 0.717) is 25.4 Å². The fourth-order valence-corrected chi connectivity index (χ4v) is 2.93. The maximum atomic E-state index is 12.3. The zero-order valence-corrected chi connectivity index (χ0v) is 16.0. The topological polar surface area (TPSA) is 43.1 Å². The first-order valence-corrected chi connectivity index (χ1v) is 9.03. The predicted octanol–water partition coefficient (Wildman–Crippen LogP) is 5.11. The molecule has 5 heteroatoms. The molecule has 0 aliphatic carbocycles. The third kappa shape index (κ3) is 5.01. The van der Waals surface area contributed by atoms with E-state index < -0.39 is 5.60 Å². The Hall–Kier alpha value is -3.00. The van der Waals surface area contributed by atoms with E-state index in [2.05, 4.69) is 10.9 Å². The molecule has 0 aromatic heterocycles. The van der Waals surface area contributed by atoms with Crippen LogP contribution in [0.1, 0.15) is 37.5 Å². The fourth-order valence-electron chi connectivity index (χ4n) is 2.93. The highest BCUT2D eigenvalue weighted by Gasteiger charge is 2.25. The molecule has 0 saturated heterocycles. The van der Waals surface area contributed by atoms with E-state index in [-0.39, 0.29) is 6.09 Å². The van der Waals surface area contributed by atoms with Crippen LogP contribution in [0.2, 0.25) is 0 Å². The summed E-state index contributed by atoms with van der Waals surface area (Å²) in [6, 6.07) is 13.4. The van der Waals surface area contributed by atoms with Crippen molar-refractivity contribution in [2.24, 2.45) is 0 Å². The van der Waals surface area contributed by atoms with Gasteiger partial charge in [0.15, 0.2) is 5.69 Å². The molecule has 1 aliphatic heterocycles. The van der Waals surface area contributed by atoms with Gasteiger partial charge < -0.3 is 14.4 Å². The van der Waals surface area contributed by atoms with Crippen molar-refractivity contribution < 1.29 is 14.3 Å². The summed E-state index contributed by atoms with van der Waals surface area (Å²) in [5.74, 6) is 0.814. The minimum atomic E-state index is -0.484. The second-order valence-corrected chi connectivity index (χ2v) is 7.65. The van der Waals surface area contributed by atoms with E-state index in [0.717, 1.165) is 23.3 Å². The maximum absolute atomic E-state index is 12.3. The fraction of sp³-hybridized carbons (Fsp3) is 0.364. The summed E-state index contributed by atoms with van der Waals surface area (Å²) in [6.07, 6.45) is 0.516. The Morgan fingerprint density at radius 2 is 1.89 bits per heavy atom. The van der Waals surface area contributed by atoms with Crippen LogP contribution in [0.5, 0.6) is 5.75 Å². The van der Waals surface area contributed by atoms with E-state index >= 15 is 0 Å². The number of amides is 1. The van der Waals surface area contributed by atoms with Crippen molar-refractivity contribution in [1.82, 2.24) is 4.90 Å². The smallest absolute Gasteiger partial charge is 0.410 e. The highest BCUT2D eigenvalue weighted by Crippen LogP contribution is 2.26. The average molecular weight is 364 g/mol. The molecule has 5 nitrogen and oxygen atoms in total. The quantitative estimate of drug-likeness (QED) is 0.711. The van der Waals surface area contributed by atoms with Gasteiger partial charge in [-0.3, -0.25) is 0 Å². The minimum Gasteiger partial charge on any atom is -0.489 e. The number of fused-ring (bicyclic) bond motifs is 1. The highest BCUT2D eigenvalue weighted by atomic mass is 16.6. The summed E-state index contributed by atoms with van der Waals surface area (Å²) in [5.41, 5.74) is 3.50. The molecule has 140 valence electrons. The van der Waals surface area contributed by atoms with Gasteiger partial charge in [0.25, 0.3) is 0 Å². The molecule has 0 unspecified atom stereocenters. The van der Waals surface area contributed by atoms with Crippen molar-refractivity contribution >= 4 is 11.8 Å². The van der Waals surface area contributed by atoms with Crippen molar-refractivity contribution in [2.75, 3.05) is 6.54 Å². The van der Waals surface area contributed by atoms with Crippen LogP contribution < -0.4 is 4.74 Å². The van der Waals surface area contributed by atoms with Crippen molar-refractivity contribution in [3.05, 3.63) is 70.6 Å². The summed E-state index contributed by atoms with van der Waals surface area (Å²) in [4.78, 5) is 17.4. The number of benzene rings is 2. The first-order valence-electron chi connectivity index (χ1n) is 9.03.